The maximum absolute atomic E-state index is 10.0. The van der Waals surface area contributed by atoms with E-state index in [0.717, 1.165) is 26.6 Å². The zero-order chi connectivity index (χ0) is 14.1. The monoisotopic (exact) mass is 329 g/mol. The second-order valence-electron chi connectivity index (χ2n) is 4.50. The van der Waals surface area contributed by atoms with E-state index in [-0.39, 0.29) is 5.88 Å². The average Bonchev–Trinajstić information content (AvgIpc) is 2.74. The predicted octanol–water partition coefficient (Wildman–Crippen LogP) is 5.36. The molecule has 0 radical (unpaired) electrons. The van der Waals surface area contributed by atoms with Gasteiger partial charge in [-0.15, -0.1) is 5.11 Å². The zero-order valence-electron chi connectivity index (χ0n) is 10.8. The summed E-state index contributed by atoms with van der Waals surface area (Å²) >= 11 is 3.45. The van der Waals surface area contributed by atoms with Gasteiger partial charge in [0, 0.05) is 9.86 Å². The molecule has 0 fully saturated rings. The summed E-state index contributed by atoms with van der Waals surface area (Å²) < 4.78 is 0.942. The topological polar surface area (TPSA) is 60.7 Å². The average molecular weight is 330 g/mol. The highest BCUT2D eigenvalue weighted by Gasteiger charge is 2.12. The number of nitrogens with zero attached hydrogens (tertiary/aromatic N) is 2. The Labute approximate surface area is 124 Å². The number of fused-ring (bicyclic) bond motifs is 1. The van der Waals surface area contributed by atoms with Crippen LogP contribution in [0.5, 0.6) is 5.88 Å². The Morgan fingerprint density at radius 3 is 2.60 bits per heavy atom. The van der Waals surface area contributed by atoms with E-state index in [1.54, 1.807) is 0 Å². The Kier molecular flexibility index (Phi) is 3.28. The number of aryl methyl sites for hydroxylation is 1. The van der Waals surface area contributed by atoms with Crippen LogP contribution in [0.25, 0.3) is 10.9 Å². The molecule has 0 amide bonds. The second kappa shape index (κ2) is 5.09. The normalized spacial score (nSPS) is 11.5. The van der Waals surface area contributed by atoms with Crippen LogP contribution >= 0.6 is 15.9 Å². The molecule has 20 heavy (non-hydrogen) atoms. The van der Waals surface area contributed by atoms with Gasteiger partial charge < -0.3 is 10.1 Å². The Bertz CT molecular complexity index is 794. The van der Waals surface area contributed by atoms with Crippen molar-refractivity contribution in [2.45, 2.75) is 6.92 Å². The van der Waals surface area contributed by atoms with Crippen LogP contribution in [-0.4, -0.2) is 10.1 Å². The summed E-state index contributed by atoms with van der Waals surface area (Å²) in [4.78, 5) is 2.94. The lowest BCUT2D eigenvalue weighted by Gasteiger charge is -1.97. The molecule has 0 aliphatic carbocycles. The van der Waals surface area contributed by atoms with Gasteiger partial charge in [-0.3, -0.25) is 0 Å². The molecule has 3 aromatic rings. The molecule has 2 N–H and O–H groups in total. The fourth-order valence-electron chi connectivity index (χ4n) is 2.10. The van der Waals surface area contributed by atoms with Crippen molar-refractivity contribution < 1.29 is 5.11 Å². The van der Waals surface area contributed by atoms with Gasteiger partial charge in [-0.1, -0.05) is 34.1 Å². The number of rotatable bonds is 2. The molecular formula is C15H12BrN3O. The summed E-state index contributed by atoms with van der Waals surface area (Å²) in [6.07, 6.45) is 0. The van der Waals surface area contributed by atoms with Gasteiger partial charge in [-0.05, 0) is 36.8 Å². The first-order valence-corrected chi connectivity index (χ1v) is 6.92. The molecule has 0 aliphatic rings. The van der Waals surface area contributed by atoms with Gasteiger partial charge in [0.2, 0.25) is 5.88 Å². The molecule has 2 aromatic carbocycles. The molecule has 0 bridgehead atoms. The molecule has 0 saturated carbocycles. The predicted molar refractivity (Wildman–Crippen MR) is 83.0 cm³/mol. The van der Waals surface area contributed by atoms with Gasteiger partial charge in [-0.2, -0.15) is 5.11 Å². The third kappa shape index (κ3) is 2.32. The second-order valence-corrected chi connectivity index (χ2v) is 5.42. The lowest BCUT2D eigenvalue weighted by Crippen LogP contribution is -1.76. The summed E-state index contributed by atoms with van der Waals surface area (Å²) in [6.45, 7) is 1.97. The van der Waals surface area contributed by atoms with Crippen molar-refractivity contribution in [1.29, 1.82) is 0 Å². The van der Waals surface area contributed by atoms with E-state index in [4.69, 9.17) is 0 Å². The minimum atomic E-state index is 0.0286. The standard InChI is InChI=1S/C15H12BrN3O/c1-9-7-10(16)8-12-13(9)17-15(20)14(12)19-18-11-5-3-2-4-6-11/h2-8,17,20H,1H3. The number of H-pyrrole nitrogens is 1. The zero-order valence-corrected chi connectivity index (χ0v) is 12.3. The molecule has 0 unspecified atom stereocenters. The van der Waals surface area contributed by atoms with E-state index >= 15 is 0 Å². The van der Waals surface area contributed by atoms with Gasteiger partial charge in [0.15, 0.2) is 5.69 Å². The van der Waals surface area contributed by atoms with E-state index in [2.05, 4.69) is 31.1 Å². The Hall–Kier alpha value is -2.14. The minimum absolute atomic E-state index is 0.0286. The van der Waals surface area contributed by atoms with Gasteiger partial charge in [-0.25, -0.2) is 0 Å². The van der Waals surface area contributed by atoms with Crippen LogP contribution in [0.2, 0.25) is 0 Å². The van der Waals surface area contributed by atoms with Crippen LogP contribution in [0.15, 0.2) is 57.2 Å². The van der Waals surface area contributed by atoms with Crippen molar-refractivity contribution in [3.63, 3.8) is 0 Å². The summed E-state index contributed by atoms with van der Waals surface area (Å²) in [5.74, 6) is 0.0286. The third-order valence-electron chi connectivity index (χ3n) is 3.04. The molecule has 0 atom stereocenters. The van der Waals surface area contributed by atoms with Crippen LogP contribution in [0, 0.1) is 6.92 Å². The number of halogens is 1. The lowest BCUT2D eigenvalue weighted by molar-refractivity contribution is 0.459. The van der Waals surface area contributed by atoms with Gasteiger partial charge >= 0.3 is 0 Å². The maximum Gasteiger partial charge on any atom is 0.218 e. The highest BCUT2D eigenvalue weighted by molar-refractivity contribution is 9.10. The number of nitrogens with one attached hydrogen (secondary N) is 1. The van der Waals surface area contributed by atoms with E-state index in [1.807, 2.05) is 49.4 Å². The summed E-state index contributed by atoms with van der Waals surface area (Å²) in [6, 6.07) is 13.3. The highest BCUT2D eigenvalue weighted by atomic mass is 79.9. The van der Waals surface area contributed by atoms with Crippen molar-refractivity contribution in [2.24, 2.45) is 10.2 Å². The first kappa shape index (κ1) is 12.9. The highest BCUT2D eigenvalue weighted by Crippen LogP contribution is 2.39. The number of benzene rings is 2. The first-order valence-electron chi connectivity index (χ1n) is 6.13. The number of aromatic amines is 1. The van der Waals surface area contributed by atoms with E-state index in [0.29, 0.717) is 5.69 Å². The number of hydrogen-bond donors (Lipinski definition) is 2. The van der Waals surface area contributed by atoms with E-state index in [9.17, 15) is 5.11 Å². The third-order valence-corrected chi connectivity index (χ3v) is 3.50. The fraction of sp³-hybridized carbons (Fsp3) is 0.0667. The van der Waals surface area contributed by atoms with Gasteiger partial charge in [0.1, 0.15) is 0 Å². The number of hydrogen-bond acceptors (Lipinski definition) is 3. The van der Waals surface area contributed by atoms with E-state index in [1.165, 1.54) is 0 Å². The fourth-order valence-corrected chi connectivity index (χ4v) is 2.68. The van der Waals surface area contributed by atoms with Crippen LogP contribution < -0.4 is 0 Å². The van der Waals surface area contributed by atoms with Gasteiger partial charge in [0.05, 0.1) is 11.2 Å². The smallest absolute Gasteiger partial charge is 0.218 e. The Balaban J connectivity index is 2.12. The Morgan fingerprint density at radius 2 is 1.85 bits per heavy atom. The largest absolute Gasteiger partial charge is 0.493 e. The maximum atomic E-state index is 10.0. The summed E-state index contributed by atoms with van der Waals surface area (Å²) in [7, 11) is 0. The number of aromatic nitrogens is 1. The number of aromatic hydroxyl groups is 1. The van der Waals surface area contributed by atoms with Crippen LogP contribution in [0.1, 0.15) is 5.56 Å². The SMILES string of the molecule is Cc1cc(Br)cc2c(N=Nc3ccccc3)c(O)[nH]c12. The van der Waals surface area contributed by atoms with Crippen molar-refractivity contribution in [3.8, 4) is 5.88 Å². The minimum Gasteiger partial charge on any atom is -0.493 e. The molecule has 0 saturated heterocycles. The molecule has 1 heterocycles. The van der Waals surface area contributed by atoms with Crippen molar-refractivity contribution in [3.05, 3.63) is 52.5 Å². The quantitative estimate of drug-likeness (QED) is 0.611. The lowest BCUT2D eigenvalue weighted by atomic mass is 10.1. The molecular weight excluding hydrogens is 318 g/mol. The van der Waals surface area contributed by atoms with Crippen LogP contribution in [0.3, 0.4) is 0 Å². The van der Waals surface area contributed by atoms with Crippen molar-refractivity contribution in [1.82, 2.24) is 4.98 Å². The molecule has 3 rings (SSSR count). The summed E-state index contributed by atoms with van der Waals surface area (Å²) in [5, 5.41) is 19.2. The first-order chi connectivity index (χ1) is 9.65. The van der Waals surface area contributed by atoms with E-state index < -0.39 is 0 Å². The Morgan fingerprint density at radius 1 is 1.10 bits per heavy atom. The molecule has 5 heteroatoms. The molecule has 1 aromatic heterocycles. The van der Waals surface area contributed by atoms with Gasteiger partial charge in [0.25, 0.3) is 0 Å². The molecule has 4 nitrogen and oxygen atoms in total. The van der Waals surface area contributed by atoms with Crippen LogP contribution in [-0.2, 0) is 0 Å². The number of azo groups is 1. The molecule has 0 spiro atoms. The van der Waals surface area contributed by atoms with Crippen molar-refractivity contribution >= 4 is 38.2 Å². The molecule has 100 valence electrons. The van der Waals surface area contributed by atoms with Crippen LogP contribution in [0.4, 0.5) is 11.4 Å². The summed E-state index contributed by atoms with van der Waals surface area (Å²) in [5.41, 5.74) is 3.10. The molecule has 0 aliphatic heterocycles. The van der Waals surface area contributed by atoms with Crippen molar-refractivity contribution in [2.75, 3.05) is 0 Å².